The number of fused-ring (bicyclic) bond motifs is 1. The third kappa shape index (κ3) is 3.62. The second kappa shape index (κ2) is 7.62. The van der Waals surface area contributed by atoms with Crippen molar-refractivity contribution in [2.75, 3.05) is 37.6 Å². The standard InChI is InChI=1S/C23H31N5O/c1-18-14-27(21-6-5-19(13-24)28-22(21)7-11-25-28)16-20(29-18)15-26-12-4-10-23(17-26)8-2-3-9-23/h5-7,11,18,20H,2-4,8-10,12,14-17H2,1H3/t18-,20+/m1/s1. The molecule has 0 amide bonds. The van der Waals surface area contributed by atoms with Crippen LogP contribution in [0.4, 0.5) is 5.69 Å². The Kier molecular flexibility index (Phi) is 4.97. The Bertz CT molecular complexity index is 910. The SMILES string of the molecule is C[C@@H]1CN(c2ccc(C#N)n3nccc23)C[C@H](CN2CCCC3(CCCC3)C2)O1. The Labute approximate surface area is 173 Å². The van der Waals surface area contributed by atoms with Crippen molar-refractivity contribution in [3.8, 4) is 6.07 Å². The molecule has 2 aliphatic heterocycles. The van der Waals surface area contributed by atoms with Crippen molar-refractivity contribution in [3.05, 3.63) is 30.1 Å². The minimum atomic E-state index is 0.192. The smallest absolute Gasteiger partial charge is 0.142 e. The van der Waals surface area contributed by atoms with E-state index in [2.05, 4.69) is 34.0 Å². The quantitative estimate of drug-likeness (QED) is 0.799. The van der Waals surface area contributed by atoms with Crippen LogP contribution in [0.3, 0.4) is 0 Å². The van der Waals surface area contributed by atoms with Gasteiger partial charge in [0.05, 0.1) is 29.6 Å². The van der Waals surface area contributed by atoms with Crippen LogP contribution >= 0.6 is 0 Å². The minimum Gasteiger partial charge on any atom is -0.370 e. The molecule has 2 atom stereocenters. The van der Waals surface area contributed by atoms with Crippen LogP contribution in [-0.4, -0.2) is 59.4 Å². The number of nitriles is 1. The van der Waals surface area contributed by atoms with Crippen molar-refractivity contribution in [2.45, 2.75) is 57.7 Å². The summed E-state index contributed by atoms with van der Waals surface area (Å²) in [6.07, 6.45) is 10.6. The highest BCUT2D eigenvalue weighted by Crippen LogP contribution is 2.44. The number of hydrogen-bond acceptors (Lipinski definition) is 5. The fourth-order valence-corrected chi connectivity index (χ4v) is 5.98. The van der Waals surface area contributed by atoms with Crippen molar-refractivity contribution >= 4 is 11.2 Å². The van der Waals surface area contributed by atoms with E-state index in [1.54, 1.807) is 10.7 Å². The Hall–Kier alpha value is -2.10. The second-order valence-electron chi connectivity index (χ2n) is 9.36. The van der Waals surface area contributed by atoms with Crippen molar-refractivity contribution in [1.29, 1.82) is 5.26 Å². The van der Waals surface area contributed by atoms with E-state index in [9.17, 15) is 5.26 Å². The van der Waals surface area contributed by atoms with Gasteiger partial charge in [-0.2, -0.15) is 10.4 Å². The molecule has 6 nitrogen and oxygen atoms in total. The fourth-order valence-electron chi connectivity index (χ4n) is 5.98. The van der Waals surface area contributed by atoms with E-state index in [4.69, 9.17) is 4.74 Å². The van der Waals surface area contributed by atoms with Crippen LogP contribution in [-0.2, 0) is 4.74 Å². The molecule has 0 unspecified atom stereocenters. The molecular formula is C23H31N5O. The van der Waals surface area contributed by atoms with E-state index in [0.29, 0.717) is 11.1 Å². The molecular weight excluding hydrogens is 362 g/mol. The van der Waals surface area contributed by atoms with Gasteiger partial charge in [-0.05, 0) is 62.8 Å². The lowest BCUT2D eigenvalue weighted by atomic mass is 9.78. The van der Waals surface area contributed by atoms with Gasteiger partial charge in [0.2, 0.25) is 0 Å². The number of morpholine rings is 1. The Balaban J connectivity index is 1.32. The van der Waals surface area contributed by atoms with Crippen LogP contribution in [0, 0.1) is 16.7 Å². The summed E-state index contributed by atoms with van der Waals surface area (Å²) in [5.41, 5.74) is 3.31. The van der Waals surface area contributed by atoms with Gasteiger partial charge in [-0.25, -0.2) is 4.52 Å². The molecule has 0 aromatic carbocycles. The molecule has 4 heterocycles. The third-order valence-corrected chi connectivity index (χ3v) is 7.18. The normalized spacial score (nSPS) is 27.5. The van der Waals surface area contributed by atoms with Crippen LogP contribution in [0.15, 0.2) is 24.4 Å². The third-order valence-electron chi connectivity index (χ3n) is 7.18. The first-order chi connectivity index (χ1) is 14.2. The molecule has 3 aliphatic rings. The van der Waals surface area contributed by atoms with E-state index < -0.39 is 0 Å². The summed E-state index contributed by atoms with van der Waals surface area (Å²) in [7, 11) is 0. The molecule has 29 heavy (non-hydrogen) atoms. The molecule has 1 aliphatic carbocycles. The van der Waals surface area contributed by atoms with Crippen molar-refractivity contribution in [2.24, 2.45) is 5.41 Å². The van der Waals surface area contributed by atoms with Gasteiger partial charge in [0.1, 0.15) is 11.8 Å². The van der Waals surface area contributed by atoms with Crippen LogP contribution in [0.1, 0.15) is 51.1 Å². The van der Waals surface area contributed by atoms with Gasteiger partial charge < -0.3 is 14.5 Å². The zero-order valence-corrected chi connectivity index (χ0v) is 17.4. The van der Waals surface area contributed by atoms with Crippen LogP contribution in [0.2, 0.25) is 0 Å². The highest BCUT2D eigenvalue weighted by Gasteiger charge is 2.39. The number of piperidine rings is 1. The lowest BCUT2D eigenvalue weighted by Gasteiger charge is -2.44. The zero-order valence-electron chi connectivity index (χ0n) is 17.4. The summed E-state index contributed by atoms with van der Waals surface area (Å²) in [4.78, 5) is 5.09. The lowest BCUT2D eigenvalue weighted by Crippen LogP contribution is -2.53. The van der Waals surface area contributed by atoms with Gasteiger partial charge in [0.25, 0.3) is 0 Å². The first kappa shape index (κ1) is 18.9. The second-order valence-corrected chi connectivity index (χ2v) is 9.36. The summed E-state index contributed by atoms with van der Waals surface area (Å²) in [6.45, 7) is 7.41. The molecule has 1 saturated carbocycles. The first-order valence-corrected chi connectivity index (χ1v) is 11.2. The van der Waals surface area contributed by atoms with E-state index >= 15 is 0 Å². The monoisotopic (exact) mass is 393 g/mol. The lowest BCUT2D eigenvalue weighted by molar-refractivity contribution is -0.0434. The maximum Gasteiger partial charge on any atom is 0.142 e. The average molecular weight is 394 g/mol. The summed E-state index contributed by atoms with van der Waals surface area (Å²) < 4.78 is 8.12. The van der Waals surface area contributed by atoms with Gasteiger partial charge in [0, 0.05) is 26.2 Å². The largest absolute Gasteiger partial charge is 0.370 e. The maximum absolute atomic E-state index is 9.36. The number of ether oxygens (including phenoxy) is 1. The molecule has 154 valence electrons. The van der Waals surface area contributed by atoms with E-state index in [-0.39, 0.29) is 12.2 Å². The van der Waals surface area contributed by atoms with Crippen LogP contribution < -0.4 is 4.90 Å². The van der Waals surface area contributed by atoms with E-state index in [0.717, 1.165) is 30.8 Å². The molecule has 2 aromatic rings. The number of pyridine rings is 1. The molecule has 0 radical (unpaired) electrons. The van der Waals surface area contributed by atoms with Gasteiger partial charge in [-0.3, -0.25) is 0 Å². The number of rotatable bonds is 3. The zero-order chi connectivity index (χ0) is 19.8. The first-order valence-electron chi connectivity index (χ1n) is 11.2. The summed E-state index contributed by atoms with van der Waals surface area (Å²) in [5, 5.41) is 13.7. The van der Waals surface area contributed by atoms with Crippen LogP contribution in [0.5, 0.6) is 0 Å². The van der Waals surface area contributed by atoms with E-state index in [1.165, 1.54) is 51.6 Å². The topological polar surface area (TPSA) is 56.8 Å². The van der Waals surface area contributed by atoms with Gasteiger partial charge in [0.15, 0.2) is 0 Å². The van der Waals surface area contributed by atoms with Crippen molar-refractivity contribution in [3.63, 3.8) is 0 Å². The Morgan fingerprint density at radius 2 is 2.00 bits per heavy atom. The predicted octanol–water partition coefficient (Wildman–Crippen LogP) is 3.46. The van der Waals surface area contributed by atoms with E-state index in [1.807, 2.05) is 12.1 Å². The molecule has 0 N–H and O–H groups in total. The molecule has 1 spiro atoms. The molecule has 0 bridgehead atoms. The van der Waals surface area contributed by atoms with Gasteiger partial charge in [-0.15, -0.1) is 0 Å². The molecule has 6 heteroatoms. The van der Waals surface area contributed by atoms with Gasteiger partial charge in [-0.1, -0.05) is 12.8 Å². The molecule has 2 aromatic heterocycles. The van der Waals surface area contributed by atoms with Gasteiger partial charge >= 0.3 is 0 Å². The predicted molar refractivity (Wildman–Crippen MR) is 113 cm³/mol. The summed E-state index contributed by atoms with van der Waals surface area (Å²) >= 11 is 0. The van der Waals surface area contributed by atoms with Crippen LogP contribution in [0.25, 0.3) is 5.52 Å². The Morgan fingerprint density at radius 1 is 1.17 bits per heavy atom. The summed E-state index contributed by atoms with van der Waals surface area (Å²) in [5.74, 6) is 0. The number of aromatic nitrogens is 2. The highest BCUT2D eigenvalue weighted by molar-refractivity contribution is 5.74. The maximum atomic E-state index is 9.36. The number of nitrogens with zero attached hydrogens (tertiary/aromatic N) is 5. The van der Waals surface area contributed by atoms with Crippen molar-refractivity contribution < 1.29 is 4.74 Å². The molecule has 5 rings (SSSR count). The highest BCUT2D eigenvalue weighted by atomic mass is 16.5. The number of anilines is 1. The molecule has 2 saturated heterocycles. The summed E-state index contributed by atoms with van der Waals surface area (Å²) in [6, 6.07) is 8.17. The van der Waals surface area contributed by atoms with Crippen molar-refractivity contribution in [1.82, 2.24) is 14.5 Å². The average Bonchev–Trinajstić information content (AvgIpc) is 3.37. The fraction of sp³-hybridized carbons (Fsp3) is 0.652. The number of hydrogen-bond donors (Lipinski definition) is 0. The Morgan fingerprint density at radius 3 is 2.83 bits per heavy atom. The minimum absolute atomic E-state index is 0.192. The molecule has 3 fully saturated rings. The number of likely N-dealkylation sites (tertiary alicyclic amines) is 1.